The molecule has 0 radical (unpaired) electrons. The third-order valence-electron chi connectivity index (χ3n) is 2.48. The quantitative estimate of drug-likeness (QED) is 0.408. The molecule has 0 saturated carbocycles. The lowest BCUT2D eigenvalue weighted by Crippen LogP contribution is -2.56. The highest BCUT2D eigenvalue weighted by Gasteiger charge is 2.43. The van der Waals surface area contributed by atoms with Crippen LogP contribution in [0.4, 0.5) is 5.69 Å². The molecule has 1 aliphatic heterocycles. The SMILES string of the molecule is COC(=O)C1CN(c2ccccc2)C1=O. The fourth-order valence-corrected chi connectivity index (χ4v) is 1.58. The van der Waals surface area contributed by atoms with Gasteiger partial charge in [-0.3, -0.25) is 9.59 Å². The second-order valence-electron chi connectivity index (χ2n) is 3.36. The van der Waals surface area contributed by atoms with E-state index in [1.807, 2.05) is 30.3 Å². The summed E-state index contributed by atoms with van der Waals surface area (Å²) in [4.78, 5) is 24.3. The van der Waals surface area contributed by atoms with Crippen molar-refractivity contribution in [2.24, 2.45) is 5.92 Å². The third-order valence-corrected chi connectivity index (χ3v) is 2.48. The van der Waals surface area contributed by atoms with Crippen molar-refractivity contribution in [2.75, 3.05) is 18.6 Å². The van der Waals surface area contributed by atoms with Crippen LogP contribution in [0, 0.1) is 5.92 Å². The summed E-state index contributed by atoms with van der Waals surface area (Å²) in [6, 6.07) is 9.27. The minimum atomic E-state index is -0.616. The van der Waals surface area contributed by atoms with Gasteiger partial charge in [-0.2, -0.15) is 0 Å². The van der Waals surface area contributed by atoms with Crippen molar-refractivity contribution in [1.82, 2.24) is 0 Å². The van der Waals surface area contributed by atoms with Crippen molar-refractivity contribution in [1.29, 1.82) is 0 Å². The predicted molar refractivity (Wildman–Crippen MR) is 54.3 cm³/mol. The van der Waals surface area contributed by atoms with E-state index < -0.39 is 11.9 Å². The first-order valence-corrected chi connectivity index (χ1v) is 4.68. The molecule has 2 rings (SSSR count). The van der Waals surface area contributed by atoms with Gasteiger partial charge in [-0.05, 0) is 12.1 Å². The van der Waals surface area contributed by atoms with Crippen LogP contribution in [0.1, 0.15) is 0 Å². The number of ether oxygens (including phenoxy) is 1. The predicted octanol–water partition coefficient (Wildman–Crippen LogP) is 0.822. The molecule has 0 bridgehead atoms. The van der Waals surface area contributed by atoms with Crippen molar-refractivity contribution in [3.8, 4) is 0 Å². The molecular weight excluding hydrogens is 194 g/mol. The number of rotatable bonds is 2. The fraction of sp³-hybridized carbons (Fsp3) is 0.273. The van der Waals surface area contributed by atoms with Crippen LogP contribution in [0.25, 0.3) is 0 Å². The number of carbonyl (C=O) groups excluding carboxylic acids is 2. The van der Waals surface area contributed by atoms with E-state index in [2.05, 4.69) is 4.74 Å². The molecule has 1 aromatic rings. The summed E-state index contributed by atoms with van der Waals surface area (Å²) >= 11 is 0. The van der Waals surface area contributed by atoms with Crippen LogP contribution in [0.3, 0.4) is 0 Å². The van der Waals surface area contributed by atoms with E-state index in [-0.39, 0.29) is 5.91 Å². The molecule has 4 heteroatoms. The smallest absolute Gasteiger partial charge is 0.320 e. The van der Waals surface area contributed by atoms with Crippen molar-refractivity contribution < 1.29 is 14.3 Å². The van der Waals surface area contributed by atoms with Crippen LogP contribution in [-0.2, 0) is 14.3 Å². The standard InChI is InChI=1S/C11H11NO3/c1-15-11(14)9-7-12(10(9)13)8-5-3-2-4-6-8/h2-6,9H,7H2,1H3. The monoisotopic (exact) mass is 205 g/mol. The van der Waals surface area contributed by atoms with E-state index in [9.17, 15) is 9.59 Å². The third kappa shape index (κ3) is 1.58. The second-order valence-corrected chi connectivity index (χ2v) is 3.36. The van der Waals surface area contributed by atoms with E-state index in [0.29, 0.717) is 6.54 Å². The Hall–Kier alpha value is -1.84. The van der Waals surface area contributed by atoms with Gasteiger partial charge in [-0.1, -0.05) is 18.2 Å². The first-order chi connectivity index (χ1) is 7.24. The van der Waals surface area contributed by atoms with Gasteiger partial charge in [-0.25, -0.2) is 0 Å². The highest BCUT2D eigenvalue weighted by Crippen LogP contribution is 2.26. The molecule has 0 aromatic heterocycles. The normalized spacial score (nSPS) is 19.7. The molecule has 0 spiro atoms. The molecule has 15 heavy (non-hydrogen) atoms. The molecule has 1 aromatic carbocycles. The summed E-state index contributed by atoms with van der Waals surface area (Å²) in [6.45, 7) is 0.412. The number of β-lactam (4-membered cyclic amide) rings is 1. The van der Waals surface area contributed by atoms with Gasteiger partial charge in [0.05, 0.1) is 7.11 Å². The molecule has 1 amide bonds. The minimum absolute atomic E-state index is 0.187. The van der Waals surface area contributed by atoms with E-state index in [1.165, 1.54) is 7.11 Å². The zero-order valence-corrected chi connectivity index (χ0v) is 8.34. The van der Waals surface area contributed by atoms with Crippen molar-refractivity contribution in [3.63, 3.8) is 0 Å². The Morgan fingerprint density at radius 2 is 2.07 bits per heavy atom. The van der Waals surface area contributed by atoms with Crippen LogP contribution < -0.4 is 4.90 Å². The summed E-state index contributed by atoms with van der Waals surface area (Å²) in [5, 5.41) is 0. The van der Waals surface area contributed by atoms with Gasteiger partial charge in [0.15, 0.2) is 5.92 Å². The summed E-state index contributed by atoms with van der Waals surface area (Å²) < 4.78 is 4.52. The van der Waals surface area contributed by atoms with Gasteiger partial charge in [-0.15, -0.1) is 0 Å². The lowest BCUT2D eigenvalue weighted by atomic mass is 9.98. The summed E-state index contributed by atoms with van der Waals surface area (Å²) in [5.41, 5.74) is 0.822. The van der Waals surface area contributed by atoms with Gasteiger partial charge in [0.1, 0.15) is 0 Å². The molecule has 1 unspecified atom stereocenters. The highest BCUT2D eigenvalue weighted by atomic mass is 16.5. The van der Waals surface area contributed by atoms with Crippen molar-refractivity contribution >= 4 is 17.6 Å². The van der Waals surface area contributed by atoms with Gasteiger partial charge in [0, 0.05) is 12.2 Å². The van der Waals surface area contributed by atoms with Crippen LogP contribution in [-0.4, -0.2) is 25.5 Å². The molecule has 1 atom stereocenters. The number of amides is 1. The molecular formula is C11H11NO3. The number of anilines is 1. The average molecular weight is 205 g/mol. The number of hydrogen-bond donors (Lipinski definition) is 0. The average Bonchev–Trinajstić information content (AvgIpc) is 2.28. The lowest BCUT2D eigenvalue weighted by molar-refractivity contribution is -0.152. The van der Waals surface area contributed by atoms with Gasteiger partial charge >= 0.3 is 5.97 Å². The molecule has 4 nitrogen and oxygen atoms in total. The number of benzene rings is 1. The van der Waals surface area contributed by atoms with E-state index in [0.717, 1.165) is 5.69 Å². The topological polar surface area (TPSA) is 46.6 Å². The van der Waals surface area contributed by atoms with Gasteiger partial charge < -0.3 is 9.64 Å². The van der Waals surface area contributed by atoms with Crippen molar-refractivity contribution in [3.05, 3.63) is 30.3 Å². The number of para-hydroxylation sites is 1. The van der Waals surface area contributed by atoms with Crippen LogP contribution in [0.15, 0.2) is 30.3 Å². The molecule has 1 fully saturated rings. The molecule has 1 saturated heterocycles. The Labute approximate surface area is 87.4 Å². The van der Waals surface area contributed by atoms with Gasteiger partial charge in [0.2, 0.25) is 5.91 Å². The largest absolute Gasteiger partial charge is 0.468 e. The van der Waals surface area contributed by atoms with Crippen LogP contribution in [0.5, 0.6) is 0 Å². The summed E-state index contributed by atoms with van der Waals surface area (Å²) in [5.74, 6) is -1.25. The number of hydrogen-bond acceptors (Lipinski definition) is 3. The number of esters is 1. The molecule has 1 aliphatic rings. The zero-order chi connectivity index (χ0) is 10.8. The highest BCUT2D eigenvalue weighted by molar-refractivity contribution is 6.12. The van der Waals surface area contributed by atoms with Crippen LogP contribution in [0.2, 0.25) is 0 Å². The number of methoxy groups -OCH3 is 1. The van der Waals surface area contributed by atoms with Gasteiger partial charge in [0.25, 0.3) is 0 Å². The Bertz CT molecular complexity index is 388. The van der Waals surface area contributed by atoms with E-state index in [1.54, 1.807) is 4.90 Å². The first-order valence-electron chi connectivity index (χ1n) is 4.68. The van der Waals surface area contributed by atoms with Crippen molar-refractivity contribution in [2.45, 2.75) is 0 Å². The van der Waals surface area contributed by atoms with E-state index >= 15 is 0 Å². The first kappa shape index (κ1) is 9.71. The maximum absolute atomic E-state index is 11.6. The number of carbonyl (C=O) groups is 2. The Morgan fingerprint density at radius 1 is 1.40 bits per heavy atom. The molecule has 0 N–H and O–H groups in total. The second kappa shape index (κ2) is 3.73. The zero-order valence-electron chi connectivity index (χ0n) is 8.34. The Morgan fingerprint density at radius 3 is 2.60 bits per heavy atom. The summed E-state index contributed by atoms with van der Waals surface area (Å²) in [7, 11) is 1.29. The molecule has 78 valence electrons. The fourth-order valence-electron chi connectivity index (χ4n) is 1.58. The van der Waals surface area contributed by atoms with Crippen LogP contribution >= 0.6 is 0 Å². The maximum Gasteiger partial charge on any atom is 0.320 e. The Kier molecular flexibility index (Phi) is 2.41. The molecule has 0 aliphatic carbocycles. The maximum atomic E-state index is 11.6. The lowest BCUT2D eigenvalue weighted by Gasteiger charge is -2.36. The number of nitrogens with zero attached hydrogens (tertiary/aromatic N) is 1. The molecule has 1 heterocycles. The minimum Gasteiger partial charge on any atom is -0.468 e. The Balaban J connectivity index is 2.07. The summed E-state index contributed by atoms with van der Waals surface area (Å²) in [6.07, 6.45) is 0. The van der Waals surface area contributed by atoms with E-state index in [4.69, 9.17) is 0 Å².